The van der Waals surface area contributed by atoms with Crippen LogP contribution in [0.2, 0.25) is 0 Å². The Labute approximate surface area is 635 Å². The van der Waals surface area contributed by atoms with Gasteiger partial charge in [-0.3, -0.25) is 0 Å². The SMILES string of the molecule is [2H]c1c([2H])c([2H])c2c(c1[2H])c1ccccc1n2-c1ccc2c(c1)c1ccccc1n2-c1cccc([Si](c2ccccc2)(c2ccccc2)c2ccccc2)c1.c1ccc(-c2cc(-n3c4ccccc4c4cc(-n5c6ccccc6c6ccccc65)ccc43)cc([Si](c3ccccc3)(c3ccccc3)c3ccccc3)c2)cc1. The van der Waals surface area contributed by atoms with Gasteiger partial charge >= 0.3 is 0 Å². The summed E-state index contributed by atoms with van der Waals surface area (Å²) in [6.07, 6.45) is 0. The predicted molar refractivity (Wildman–Crippen MR) is 463 cm³/mol. The Morgan fingerprint density at radius 3 is 0.861 bits per heavy atom. The first-order valence-corrected chi connectivity index (χ1v) is 41.0. The maximum absolute atomic E-state index is 9.00. The van der Waals surface area contributed by atoms with E-state index in [-0.39, 0.29) is 24.2 Å². The third-order valence-corrected chi connectivity index (χ3v) is 31.7. The zero-order valence-electron chi connectivity index (χ0n) is 63.0. The number of rotatable bonds is 13. The molecule has 0 N–H and O–H groups in total. The van der Waals surface area contributed by atoms with Gasteiger partial charge in [-0.2, -0.15) is 0 Å². The standard InChI is InChI=1S/C54H38N2Si.C48H34N2Si/c1-5-19-39(20-6-1)40-35-42(37-46(36-40)57(43-21-7-2-8-22-43,44-23-9-3-10-24-44)45-25-11-4-12-26-45)56-53-32-18-15-29-49(53)50-38-41(33-34-54(50)56)55-51-30-16-13-27-47(51)48-28-14-17-31-52(48)55;1-4-18-37(19-5-1)51(38-20-6-2-7-21-38,39-22-8-3-9-23-39)40-24-16-17-35(33-40)49-47-30-15-12-27-43(47)44-34-36(31-32-48(44)49)50-45-28-13-10-25-41(45)42-26-11-14-29-46(42)50/h1-38H;1-34H/i;10D,13D,25D,28D. The largest absolute Gasteiger partial charge is 0.309 e. The van der Waals surface area contributed by atoms with Gasteiger partial charge in [0.15, 0.2) is 16.1 Å². The molecule has 4 nitrogen and oxygen atoms in total. The van der Waals surface area contributed by atoms with Crippen LogP contribution >= 0.6 is 0 Å². The first kappa shape index (κ1) is 59.7. The minimum Gasteiger partial charge on any atom is -0.309 e. The number of hydrogen-bond donors (Lipinski definition) is 0. The first-order valence-electron chi connectivity index (χ1n) is 39.0. The second-order valence-electron chi connectivity index (χ2n) is 27.9. The lowest BCUT2D eigenvalue weighted by Gasteiger charge is -2.35. The van der Waals surface area contributed by atoms with Gasteiger partial charge in [0.05, 0.1) is 49.6 Å². The van der Waals surface area contributed by atoms with E-state index < -0.39 is 16.1 Å². The lowest BCUT2D eigenvalue weighted by atomic mass is 10.0. The van der Waals surface area contributed by atoms with Gasteiger partial charge in [-0.25, -0.2) is 0 Å². The average Bonchev–Trinajstić information content (AvgIpc) is 1.05. The van der Waals surface area contributed by atoms with E-state index in [1.807, 2.05) is 28.8 Å². The van der Waals surface area contributed by atoms with Crippen molar-refractivity contribution in [2.45, 2.75) is 0 Å². The molecule has 4 aromatic heterocycles. The van der Waals surface area contributed by atoms with Crippen LogP contribution in [0.5, 0.6) is 0 Å². The predicted octanol–water partition coefficient (Wildman–Crippen LogP) is 20.2. The number of nitrogens with zero attached hydrogens (tertiary/aromatic N) is 4. The fraction of sp³-hybridized carbons (Fsp3) is 0. The van der Waals surface area contributed by atoms with Crippen LogP contribution in [0.3, 0.4) is 0 Å². The number of fused-ring (bicyclic) bond motifs is 12. The molecule has 0 aliphatic heterocycles. The van der Waals surface area contributed by atoms with Crippen molar-refractivity contribution in [3.8, 4) is 33.9 Å². The van der Waals surface area contributed by atoms with E-state index in [0.717, 1.165) is 55.5 Å². The van der Waals surface area contributed by atoms with Gasteiger partial charge in [0.1, 0.15) is 0 Å². The second kappa shape index (κ2) is 26.8. The molecule has 4 heterocycles. The summed E-state index contributed by atoms with van der Waals surface area (Å²) in [6.45, 7) is 0. The Bertz CT molecular complexity index is 6920. The molecule has 21 aromatic rings. The third-order valence-electron chi connectivity index (χ3n) is 22.2. The van der Waals surface area contributed by atoms with Crippen molar-refractivity contribution in [1.82, 2.24) is 18.3 Å². The highest BCUT2D eigenvalue weighted by molar-refractivity contribution is 7.20. The van der Waals surface area contributed by atoms with Crippen LogP contribution in [0.25, 0.3) is 121 Å². The molecule has 0 saturated carbocycles. The molecular weight excluding hydrogens is 1340 g/mol. The number of para-hydroxylation sites is 6. The summed E-state index contributed by atoms with van der Waals surface area (Å²) >= 11 is 0. The number of hydrogen-bond acceptors (Lipinski definition) is 0. The molecule has 6 heteroatoms. The molecule has 0 fully saturated rings. The highest BCUT2D eigenvalue weighted by Crippen LogP contribution is 2.40. The Morgan fingerprint density at radius 1 is 0.167 bits per heavy atom. The fourth-order valence-corrected chi connectivity index (χ4v) is 27.3. The van der Waals surface area contributed by atoms with E-state index in [1.54, 1.807) is 0 Å². The summed E-state index contributed by atoms with van der Waals surface area (Å²) in [5.41, 5.74) is 14.9. The molecular formula is C102H72N4Si2. The Kier molecular flexibility index (Phi) is 14.8. The first-order chi connectivity index (χ1) is 55.3. The van der Waals surface area contributed by atoms with Gasteiger partial charge < -0.3 is 18.3 Å². The summed E-state index contributed by atoms with van der Waals surface area (Å²) < 4.78 is 44.1. The summed E-state index contributed by atoms with van der Waals surface area (Å²) in [6, 6.07) is 150. The van der Waals surface area contributed by atoms with Crippen molar-refractivity contribution in [1.29, 1.82) is 0 Å². The minimum atomic E-state index is -2.86. The van der Waals surface area contributed by atoms with Gasteiger partial charge in [0, 0.05) is 65.8 Å². The lowest BCUT2D eigenvalue weighted by molar-refractivity contribution is 1.17. The maximum Gasteiger partial charge on any atom is 0.179 e. The van der Waals surface area contributed by atoms with Crippen molar-refractivity contribution in [2.75, 3.05) is 0 Å². The van der Waals surface area contributed by atoms with Crippen molar-refractivity contribution in [3.63, 3.8) is 0 Å². The van der Waals surface area contributed by atoms with Crippen molar-refractivity contribution in [3.05, 3.63) is 437 Å². The van der Waals surface area contributed by atoms with E-state index >= 15 is 0 Å². The molecule has 0 spiro atoms. The molecule has 21 rings (SSSR count). The van der Waals surface area contributed by atoms with Crippen LogP contribution in [-0.2, 0) is 0 Å². The van der Waals surface area contributed by atoms with Gasteiger partial charge in [-0.05, 0) is 150 Å². The van der Waals surface area contributed by atoms with E-state index in [2.05, 4.69) is 402 Å². The van der Waals surface area contributed by atoms with E-state index in [1.165, 1.54) is 96.2 Å². The third kappa shape index (κ3) is 10.4. The maximum atomic E-state index is 9.00. The number of benzene rings is 17. The highest BCUT2D eigenvalue weighted by atomic mass is 28.3. The number of aromatic nitrogens is 4. The molecule has 0 aliphatic carbocycles. The zero-order valence-corrected chi connectivity index (χ0v) is 61.0. The minimum absolute atomic E-state index is 0.0235. The molecule has 0 atom stereocenters. The van der Waals surface area contributed by atoms with E-state index in [4.69, 9.17) is 5.48 Å². The normalized spacial score (nSPS) is 12.4. The van der Waals surface area contributed by atoms with Crippen LogP contribution in [0, 0.1) is 0 Å². The molecule has 108 heavy (non-hydrogen) atoms. The quantitative estimate of drug-likeness (QED) is 0.0810. The summed E-state index contributed by atoms with van der Waals surface area (Å²) in [7, 11) is -5.63. The van der Waals surface area contributed by atoms with Crippen LogP contribution in [0.4, 0.5) is 0 Å². The highest BCUT2D eigenvalue weighted by Gasteiger charge is 2.43. The zero-order chi connectivity index (χ0) is 75.0. The van der Waals surface area contributed by atoms with Gasteiger partial charge in [0.25, 0.3) is 0 Å². The molecule has 0 aliphatic rings. The molecule has 17 aromatic carbocycles. The Balaban J connectivity index is 0.000000146. The Morgan fingerprint density at radius 2 is 0.454 bits per heavy atom. The average molecular weight is 1410 g/mol. The lowest BCUT2D eigenvalue weighted by Crippen LogP contribution is -2.74. The van der Waals surface area contributed by atoms with Crippen LogP contribution < -0.4 is 41.5 Å². The smallest absolute Gasteiger partial charge is 0.179 e. The van der Waals surface area contributed by atoms with E-state index in [9.17, 15) is 0 Å². The molecule has 0 saturated heterocycles. The summed E-state index contributed by atoms with van der Waals surface area (Å²) in [5.74, 6) is 0. The monoisotopic (exact) mass is 1410 g/mol. The van der Waals surface area contributed by atoms with Crippen LogP contribution in [0.1, 0.15) is 5.48 Å². The van der Waals surface area contributed by atoms with Gasteiger partial charge in [0.2, 0.25) is 0 Å². The van der Waals surface area contributed by atoms with Gasteiger partial charge in [-0.15, -0.1) is 0 Å². The molecule has 0 amide bonds. The van der Waals surface area contributed by atoms with Crippen molar-refractivity contribution in [2.24, 2.45) is 0 Å². The summed E-state index contributed by atoms with van der Waals surface area (Å²) in [4.78, 5) is 0. The van der Waals surface area contributed by atoms with Crippen LogP contribution in [-0.4, -0.2) is 34.4 Å². The molecule has 0 radical (unpaired) electrons. The van der Waals surface area contributed by atoms with Crippen LogP contribution in [0.15, 0.2) is 437 Å². The molecule has 0 unspecified atom stereocenters. The Hall–Kier alpha value is -13.6. The van der Waals surface area contributed by atoms with Gasteiger partial charge in [-0.1, -0.05) is 340 Å². The summed E-state index contributed by atoms with van der Waals surface area (Å²) in [5, 5.41) is 19.2. The second-order valence-corrected chi connectivity index (χ2v) is 35.6. The molecule has 508 valence electrons. The molecule has 0 bridgehead atoms. The fourth-order valence-electron chi connectivity index (χ4n) is 17.7. The topological polar surface area (TPSA) is 19.7 Å². The van der Waals surface area contributed by atoms with Crippen molar-refractivity contribution >= 4 is 145 Å². The van der Waals surface area contributed by atoms with Crippen molar-refractivity contribution < 1.29 is 5.48 Å². The van der Waals surface area contributed by atoms with E-state index in [0.29, 0.717) is 10.9 Å².